The number of benzene rings is 1. The maximum Gasteiger partial charge on any atom is 0.134 e. The van der Waals surface area contributed by atoms with Gasteiger partial charge in [0.2, 0.25) is 0 Å². The molecule has 2 aromatic heterocycles. The summed E-state index contributed by atoms with van der Waals surface area (Å²) in [6.07, 6.45) is 0. The summed E-state index contributed by atoms with van der Waals surface area (Å²) in [6.45, 7) is 7.63. The third kappa shape index (κ3) is 3.04. The van der Waals surface area contributed by atoms with Crippen molar-refractivity contribution in [1.29, 1.82) is 0 Å². The van der Waals surface area contributed by atoms with Crippen LogP contribution in [0.3, 0.4) is 0 Å². The van der Waals surface area contributed by atoms with Gasteiger partial charge in [0.1, 0.15) is 11.3 Å². The lowest BCUT2D eigenvalue weighted by molar-refractivity contribution is 0.400. The molecule has 1 unspecified atom stereocenters. The van der Waals surface area contributed by atoms with Gasteiger partial charge in [-0.1, -0.05) is 38.1 Å². The standard InChI is InChI=1S/C18H21NOS/c1-13(16-11-14-7-4-5-8-15(14)20-16)19-12-18(2,3)17-9-6-10-21-17/h4-11,13,19H,12H2,1-3H3. The second-order valence-corrected chi connectivity index (χ2v) is 7.10. The molecule has 1 N–H and O–H groups in total. The Kier molecular flexibility index (Phi) is 3.87. The summed E-state index contributed by atoms with van der Waals surface area (Å²) in [5.41, 5.74) is 1.09. The van der Waals surface area contributed by atoms with Gasteiger partial charge in [-0.25, -0.2) is 0 Å². The minimum atomic E-state index is 0.133. The van der Waals surface area contributed by atoms with E-state index in [1.807, 2.05) is 29.5 Å². The number of rotatable bonds is 5. The van der Waals surface area contributed by atoms with Crippen molar-refractivity contribution in [3.63, 3.8) is 0 Å². The quantitative estimate of drug-likeness (QED) is 0.707. The molecule has 1 aromatic carbocycles. The largest absolute Gasteiger partial charge is 0.459 e. The first kappa shape index (κ1) is 14.4. The third-order valence-corrected chi connectivity index (χ3v) is 5.15. The second kappa shape index (κ2) is 5.66. The summed E-state index contributed by atoms with van der Waals surface area (Å²) in [6, 6.07) is 14.8. The van der Waals surface area contributed by atoms with Crippen molar-refractivity contribution < 1.29 is 4.42 Å². The van der Waals surface area contributed by atoms with E-state index in [1.54, 1.807) is 0 Å². The van der Waals surface area contributed by atoms with Gasteiger partial charge in [0, 0.05) is 22.2 Å². The molecule has 3 heteroatoms. The highest BCUT2D eigenvalue weighted by atomic mass is 32.1. The van der Waals surface area contributed by atoms with Gasteiger partial charge >= 0.3 is 0 Å². The average Bonchev–Trinajstić information content (AvgIpc) is 3.13. The monoisotopic (exact) mass is 299 g/mol. The Hall–Kier alpha value is -1.58. The first-order valence-electron chi connectivity index (χ1n) is 7.32. The van der Waals surface area contributed by atoms with Gasteiger partial charge in [-0.2, -0.15) is 0 Å². The van der Waals surface area contributed by atoms with Gasteiger partial charge in [0.05, 0.1) is 6.04 Å². The highest BCUT2D eigenvalue weighted by Gasteiger charge is 2.23. The molecule has 110 valence electrons. The molecule has 3 rings (SSSR count). The molecule has 0 amide bonds. The van der Waals surface area contributed by atoms with Gasteiger partial charge in [0.15, 0.2) is 0 Å². The Morgan fingerprint density at radius 2 is 2.00 bits per heavy atom. The van der Waals surface area contributed by atoms with Gasteiger partial charge in [-0.15, -0.1) is 11.3 Å². The predicted molar refractivity (Wildman–Crippen MR) is 90.0 cm³/mol. The topological polar surface area (TPSA) is 25.2 Å². The maximum atomic E-state index is 5.93. The van der Waals surface area contributed by atoms with Gasteiger partial charge in [-0.05, 0) is 30.5 Å². The lowest BCUT2D eigenvalue weighted by Gasteiger charge is -2.25. The van der Waals surface area contributed by atoms with Crippen molar-refractivity contribution in [2.45, 2.75) is 32.2 Å². The van der Waals surface area contributed by atoms with Crippen molar-refractivity contribution in [3.8, 4) is 0 Å². The number of fused-ring (bicyclic) bond motifs is 1. The summed E-state index contributed by atoms with van der Waals surface area (Å²) in [4.78, 5) is 1.41. The van der Waals surface area contributed by atoms with Crippen LogP contribution in [-0.2, 0) is 5.41 Å². The number of hydrogen-bond donors (Lipinski definition) is 1. The molecule has 0 spiro atoms. The molecule has 0 fully saturated rings. The maximum absolute atomic E-state index is 5.93. The van der Waals surface area contributed by atoms with Crippen molar-refractivity contribution in [1.82, 2.24) is 5.32 Å². The van der Waals surface area contributed by atoms with Crippen LogP contribution in [0.5, 0.6) is 0 Å². The van der Waals surface area contributed by atoms with E-state index in [1.165, 1.54) is 10.3 Å². The molecule has 0 saturated carbocycles. The van der Waals surface area contributed by atoms with E-state index in [0.29, 0.717) is 0 Å². The SMILES string of the molecule is CC(NCC(C)(C)c1cccs1)c1cc2ccccc2o1. The highest BCUT2D eigenvalue weighted by molar-refractivity contribution is 7.10. The van der Waals surface area contributed by atoms with Gasteiger partial charge in [-0.3, -0.25) is 0 Å². The molecule has 0 aliphatic heterocycles. The molecule has 0 aliphatic rings. The smallest absolute Gasteiger partial charge is 0.134 e. The molecule has 0 radical (unpaired) electrons. The van der Waals surface area contributed by atoms with E-state index in [-0.39, 0.29) is 11.5 Å². The molecule has 0 aliphatic carbocycles. The van der Waals surface area contributed by atoms with Crippen LogP contribution in [-0.4, -0.2) is 6.54 Å². The minimum Gasteiger partial charge on any atom is -0.459 e. The first-order valence-corrected chi connectivity index (χ1v) is 8.20. The van der Waals surface area contributed by atoms with E-state index in [2.05, 4.69) is 55.7 Å². The summed E-state index contributed by atoms with van der Waals surface area (Å²) in [5, 5.41) is 6.91. The summed E-state index contributed by atoms with van der Waals surface area (Å²) in [7, 11) is 0. The van der Waals surface area contributed by atoms with Crippen LogP contribution < -0.4 is 5.32 Å². The zero-order valence-electron chi connectivity index (χ0n) is 12.7. The predicted octanol–water partition coefficient (Wildman–Crippen LogP) is 5.12. The third-order valence-electron chi connectivity index (χ3n) is 3.91. The summed E-state index contributed by atoms with van der Waals surface area (Å²) >= 11 is 1.82. The lowest BCUT2D eigenvalue weighted by Crippen LogP contribution is -2.33. The zero-order valence-corrected chi connectivity index (χ0v) is 13.5. The van der Waals surface area contributed by atoms with Crippen LogP contribution in [0.2, 0.25) is 0 Å². The highest BCUT2D eigenvalue weighted by Crippen LogP contribution is 2.28. The zero-order chi connectivity index (χ0) is 14.9. The molecular formula is C18H21NOS. The molecule has 0 saturated heterocycles. The fourth-order valence-electron chi connectivity index (χ4n) is 2.48. The average molecular weight is 299 g/mol. The van der Waals surface area contributed by atoms with E-state index >= 15 is 0 Å². The molecular weight excluding hydrogens is 278 g/mol. The number of thiophene rings is 1. The molecule has 21 heavy (non-hydrogen) atoms. The van der Waals surface area contributed by atoms with Crippen molar-refractivity contribution >= 4 is 22.3 Å². The molecule has 2 heterocycles. The van der Waals surface area contributed by atoms with E-state index < -0.39 is 0 Å². The number of para-hydroxylation sites is 1. The van der Waals surface area contributed by atoms with Crippen LogP contribution in [0.1, 0.15) is 37.5 Å². The van der Waals surface area contributed by atoms with Crippen LogP contribution in [0.15, 0.2) is 52.3 Å². The first-order chi connectivity index (χ1) is 10.1. The van der Waals surface area contributed by atoms with E-state index in [0.717, 1.165) is 17.9 Å². The normalized spacial score (nSPS) is 13.7. The number of hydrogen-bond acceptors (Lipinski definition) is 3. The summed E-state index contributed by atoms with van der Waals surface area (Å²) < 4.78 is 5.93. The molecule has 3 aromatic rings. The van der Waals surface area contributed by atoms with Crippen molar-refractivity contribution in [2.24, 2.45) is 0 Å². The van der Waals surface area contributed by atoms with Crippen LogP contribution in [0.25, 0.3) is 11.0 Å². The molecule has 0 bridgehead atoms. The van der Waals surface area contributed by atoms with Crippen LogP contribution in [0.4, 0.5) is 0 Å². The van der Waals surface area contributed by atoms with Crippen LogP contribution in [0, 0.1) is 0 Å². The van der Waals surface area contributed by atoms with Crippen molar-refractivity contribution in [2.75, 3.05) is 6.54 Å². The molecule has 1 atom stereocenters. The van der Waals surface area contributed by atoms with E-state index in [9.17, 15) is 0 Å². The Morgan fingerprint density at radius 1 is 1.19 bits per heavy atom. The summed E-state index contributed by atoms with van der Waals surface area (Å²) in [5.74, 6) is 0.998. The van der Waals surface area contributed by atoms with E-state index in [4.69, 9.17) is 4.42 Å². The van der Waals surface area contributed by atoms with Gasteiger partial charge < -0.3 is 9.73 Å². The Morgan fingerprint density at radius 3 is 2.71 bits per heavy atom. The fraction of sp³-hybridized carbons (Fsp3) is 0.333. The van der Waals surface area contributed by atoms with Gasteiger partial charge in [0.25, 0.3) is 0 Å². The number of nitrogens with one attached hydrogen (secondary N) is 1. The van der Waals surface area contributed by atoms with Crippen LogP contribution >= 0.6 is 11.3 Å². The van der Waals surface area contributed by atoms with Crippen molar-refractivity contribution in [3.05, 3.63) is 58.5 Å². The second-order valence-electron chi connectivity index (χ2n) is 6.15. The Balaban J connectivity index is 1.70. The number of furan rings is 1. The Labute approximate surface area is 129 Å². The lowest BCUT2D eigenvalue weighted by atomic mass is 9.91. The molecule has 2 nitrogen and oxygen atoms in total. The fourth-order valence-corrected chi connectivity index (χ4v) is 3.33. The Bertz CT molecular complexity index is 679. The minimum absolute atomic E-state index is 0.133.